The van der Waals surface area contributed by atoms with Gasteiger partial charge in [-0.25, -0.2) is 8.42 Å². The van der Waals surface area contributed by atoms with Gasteiger partial charge in [0.05, 0.1) is 18.3 Å². The second-order valence-corrected chi connectivity index (χ2v) is 15.2. The van der Waals surface area contributed by atoms with E-state index in [-0.39, 0.29) is 17.3 Å². The molecule has 39 heavy (non-hydrogen) atoms. The highest BCUT2D eigenvalue weighted by atomic mass is 32.3. The predicted molar refractivity (Wildman–Crippen MR) is 144 cm³/mol. The second-order valence-electron chi connectivity index (χ2n) is 14.2. The molecule has 0 spiro atoms. The van der Waals surface area contributed by atoms with E-state index in [9.17, 15) is 22.9 Å². The number of fused-ring (bicyclic) bond motifs is 5. The average Bonchev–Trinajstić information content (AvgIpc) is 3.53. The highest BCUT2D eigenvalue weighted by Gasteiger charge is 2.63. The molecule has 13 atom stereocenters. The quantitative estimate of drug-likeness (QED) is 0.155. The van der Waals surface area contributed by atoms with Crippen molar-refractivity contribution >= 4 is 16.4 Å². The topological polar surface area (TPSA) is 125 Å². The normalized spacial score (nSPS) is 46.9. The Balaban J connectivity index is 1.41. The number of allylic oxidation sites excluding steroid dienone is 2. The van der Waals surface area contributed by atoms with Crippen LogP contribution < -0.4 is 0 Å². The SMILES string of the molecule is CC(=O)O[C@@H]1[C@@H](OS(=O)(=O)[O-])[C@@H]2CC=C3[C@@H]4CC[C@H]([C@H](C)[C@@H]5O[C@H]5[C@@H](C)C(C)C)[C@@]4(C)CC[C@@H]3[C@@]2(C)C[C@H]1O. The van der Waals surface area contributed by atoms with Crippen LogP contribution in [0.5, 0.6) is 0 Å². The van der Waals surface area contributed by atoms with E-state index in [2.05, 4.69) is 47.6 Å². The van der Waals surface area contributed by atoms with Gasteiger partial charge in [0, 0.05) is 6.92 Å². The number of ether oxygens (including phenoxy) is 2. The largest absolute Gasteiger partial charge is 0.726 e. The summed E-state index contributed by atoms with van der Waals surface area (Å²) in [7, 11) is -5.07. The second kappa shape index (κ2) is 10.1. The maximum absolute atomic E-state index is 11.8. The molecule has 8 nitrogen and oxygen atoms in total. The molecule has 0 aromatic rings. The van der Waals surface area contributed by atoms with Crippen molar-refractivity contribution in [1.82, 2.24) is 0 Å². The van der Waals surface area contributed by atoms with E-state index in [1.807, 2.05) is 0 Å². The van der Waals surface area contributed by atoms with Gasteiger partial charge in [-0.05, 0) is 90.8 Å². The molecule has 5 aliphatic rings. The van der Waals surface area contributed by atoms with Gasteiger partial charge in [-0.1, -0.05) is 53.2 Å². The van der Waals surface area contributed by atoms with E-state index in [4.69, 9.17) is 13.7 Å². The fourth-order valence-corrected chi connectivity index (χ4v) is 10.2. The highest BCUT2D eigenvalue weighted by molar-refractivity contribution is 7.80. The molecular formula is C30H47O8S-. The Morgan fingerprint density at radius 1 is 1.08 bits per heavy atom. The maximum atomic E-state index is 11.8. The van der Waals surface area contributed by atoms with Crippen molar-refractivity contribution in [3.63, 3.8) is 0 Å². The van der Waals surface area contributed by atoms with Crippen molar-refractivity contribution in [3.05, 3.63) is 11.6 Å². The molecule has 0 aromatic carbocycles. The predicted octanol–water partition coefficient (Wildman–Crippen LogP) is 4.62. The minimum atomic E-state index is -5.07. The first kappa shape index (κ1) is 29.5. The van der Waals surface area contributed by atoms with Gasteiger partial charge in [0.1, 0.15) is 6.10 Å². The van der Waals surface area contributed by atoms with E-state index in [1.165, 1.54) is 18.9 Å². The smallest absolute Gasteiger partial charge is 0.303 e. The van der Waals surface area contributed by atoms with Crippen LogP contribution in [0, 0.1) is 52.3 Å². The number of carbonyl (C=O) groups is 1. The molecule has 0 radical (unpaired) electrons. The molecule has 222 valence electrons. The van der Waals surface area contributed by atoms with Crippen LogP contribution in [0.15, 0.2) is 11.6 Å². The van der Waals surface area contributed by atoms with Crippen LogP contribution in [-0.2, 0) is 28.9 Å². The lowest BCUT2D eigenvalue weighted by atomic mass is 9.47. The van der Waals surface area contributed by atoms with Gasteiger partial charge in [-0.3, -0.25) is 8.98 Å². The van der Waals surface area contributed by atoms with Crippen molar-refractivity contribution in [2.75, 3.05) is 0 Å². The Hall–Kier alpha value is -1.00. The lowest BCUT2D eigenvalue weighted by Gasteiger charge is -2.60. The standard InChI is InChI=1S/C30H48O8S/c1-15(2)16(3)25-26(37-25)17(4)20-10-11-21-19-8-9-23-27(38-39(33,34)35)28(36-18(5)31)24(32)14-30(23,7)22(19)12-13-29(20,21)6/h8,15-17,20-28,32H,9-14H2,1-7H3,(H,33,34,35)/p-1/t16-,17-,20+,21-,22-,23-,24+,25-,26-,27-,28-,29+,30+/m0/s1. The van der Waals surface area contributed by atoms with E-state index in [0.717, 1.165) is 19.3 Å². The third-order valence-electron chi connectivity index (χ3n) is 12.0. The number of aliphatic hydroxyl groups is 1. The molecule has 9 heteroatoms. The first-order valence-electron chi connectivity index (χ1n) is 14.9. The summed E-state index contributed by atoms with van der Waals surface area (Å²) in [6.45, 7) is 15.0. The van der Waals surface area contributed by atoms with Crippen molar-refractivity contribution in [2.24, 2.45) is 52.3 Å². The van der Waals surface area contributed by atoms with Gasteiger partial charge in [0.25, 0.3) is 0 Å². The van der Waals surface area contributed by atoms with Crippen molar-refractivity contribution in [2.45, 2.75) is 118 Å². The Bertz CT molecular complexity index is 1100. The molecular weight excluding hydrogens is 520 g/mol. The van der Waals surface area contributed by atoms with Crippen LogP contribution >= 0.6 is 0 Å². The molecule has 1 aliphatic heterocycles. The third kappa shape index (κ3) is 5.02. The van der Waals surface area contributed by atoms with Crippen LogP contribution in [0.3, 0.4) is 0 Å². The van der Waals surface area contributed by atoms with E-state index < -0.39 is 40.1 Å². The molecule has 0 aromatic heterocycles. The summed E-state index contributed by atoms with van der Waals surface area (Å²) in [5, 5.41) is 11.1. The molecule has 0 amide bonds. The average molecular weight is 568 g/mol. The van der Waals surface area contributed by atoms with Crippen molar-refractivity contribution in [3.8, 4) is 0 Å². The van der Waals surface area contributed by atoms with Gasteiger partial charge < -0.3 is 19.1 Å². The molecule has 1 heterocycles. The van der Waals surface area contributed by atoms with Gasteiger partial charge in [-0.2, -0.15) is 0 Å². The number of esters is 1. The molecule has 1 saturated heterocycles. The Morgan fingerprint density at radius 2 is 1.74 bits per heavy atom. The van der Waals surface area contributed by atoms with Gasteiger partial charge in [0.15, 0.2) is 6.10 Å². The number of hydrogen-bond donors (Lipinski definition) is 1. The summed E-state index contributed by atoms with van der Waals surface area (Å²) in [5.74, 6) is 1.82. The van der Waals surface area contributed by atoms with E-state index in [0.29, 0.717) is 54.6 Å². The monoisotopic (exact) mass is 567 g/mol. The fraction of sp³-hybridized carbons (Fsp3) is 0.900. The highest BCUT2D eigenvalue weighted by Crippen LogP contribution is 2.68. The Morgan fingerprint density at radius 3 is 2.36 bits per heavy atom. The van der Waals surface area contributed by atoms with Crippen LogP contribution in [0.4, 0.5) is 0 Å². The van der Waals surface area contributed by atoms with Gasteiger partial charge in [0.2, 0.25) is 10.4 Å². The summed E-state index contributed by atoms with van der Waals surface area (Å²) in [5.41, 5.74) is 1.13. The zero-order valence-electron chi connectivity index (χ0n) is 24.5. The Kier molecular flexibility index (Phi) is 7.62. The van der Waals surface area contributed by atoms with E-state index >= 15 is 0 Å². The van der Waals surface area contributed by atoms with Gasteiger partial charge in [-0.15, -0.1) is 0 Å². The van der Waals surface area contributed by atoms with Crippen molar-refractivity contribution < 1.29 is 36.5 Å². The third-order valence-corrected chi connectivity index (χ3v) is 12.5. The summed E-state index contributed by atoms with van der Waals surface area (Å²) < 4.78 is 51.8. The van der Waals surface area contributed by atoms with Crippen LogP contribution in [0.1, 0.15) is 87.0 Å². The zero-order valence-corrected chi connectivity index (χ0v) is 25.3. The molecule has 4 aliphatic carbocycles. The minimum absolute atomic E-state index is 0.155. The number of epoxide rings is 1. The van der Waals surface area contributed by atoms with Crippen LogP contribution in [0.25, 0.3) is 0 Å². The van der Waals surface area contributed by atoms with E-state index in [1.54, 1.807) is 0 Å². The Labute approximate surface area is 234 Å². The summed E-state index contributed by atoms with van der Waals surface area (Å²) >= 11 is 0. The summed E-state index contributed by atoms with van der Waals surface area (Å²) in [4.78, 5) is 11.8. The molecule has 1 N–H and O–H groups in total. The minimum Gasteiger partial charge on any atom is -0.726 e. The lowest BCUT2D eigenvalue weighted by Crippen LogP contribution is -2.61. The van der Waals surface area contributed by atoms with Crippen molar-refractivity contribution in [1.29, 1.82) is 0 Å². The molecule has 4 fully saturated rings. The number of aliphatic hydroxyl groups excluding tert-OH is 1. The fourth-order valence-electron chi connectivity index (χ4n) is 9.69. The summed E-state index contributed by atoms with van der Waals surface area (Å²) in [6, 6.07) is 0. The first-order valence-corrected chi connectivity index (χ1v) is 16.3. The molecule has 5 rings (SSSR count). The zero-order chi connectivity index (χ0) is 28.7. The number of carbonyl (C=O) groups excluding carboxylic acids is 1. The maximum Gasteiger partial charge on any atom is 0.303 e. The number of hydrogen-bond acceptors (Lipinski definition) is 8. The van der Waals surface area contributed by atoms with Crippen LogP contribution in [-0.4, -0.2) is 54.6 Å². The molecule has 3 saturated carbocycles. The first-order chi connectivity index (χ1) is 18.1. The van der Waals surface area contributed by atoms with Crippen LogP contribution in [0.2, 0.25) is 0 Å². The lowest BCUT2D eigenvalue weighted by molar-refractivity contribution is -0.193. The number of rotatable bonds is 7. The molecule has 0 unspecified atom stereocenters. The van der Waals surface area contributed by atoms with Gasteiger partial charge >= 0.3 is 5.97 Å². The summed E-state index contributed by atoms with van der Waals surface area (Å²) in [6.07, 6.45) is 4.63. The molecule has 0 bridgehead atoms.